The lowest BCUT2D eigenvalue weighted by Crippen LogP contribution is -2.41. The van der Waals surface area contributed by atoms with Crippen molar-refractivity contribution in [2.75, 3.05) is 20.7 Å². The molecule has 3 aliphatic rings. The van der Waals surface area contributed by atoms with Gasteiger partial charge in [-0.25, -0.2) is 20.4 Å². The molecular formula is C26H37N5O5. The Labute approximate surface area is 211 Å². The second kappa shape index (κ2) is 10.8. The Morgan fingerprint density at radius 2 is 1.83 bits per heavy atom. The summed E-state index contributed by atoms with van der Waals surface area (Å²) in [5, 5.41) is 10.6. The third-order valence-electron chi connectivity index (χ3n) is 7.22. The molecule has 0 radical (unpaired) electrons. The van der Waals surface area contributed by atoms with E-state index in [0.29, 0.717) is 58.8 Å². The van der Waals surface area contributed by atoms with E-state index in [1.807, 2.05) is 7.05 Å². The third-order valence-corrected chi connectivity index (χ3v) is 7.22. The topological polar surface area (TPSA) is 144 Å². The van der Waals surface area contributed by atoms with Crippen LogP contribution in [0.15, 0.2) is 29.5 Å². The zero-order chi connectivity index (χ0) is 26.0. The van der Waals surface area contributed by atoms with E-state index in [4.69, 9.17) is 21.1 Å². The average Bonchev–Trinajstić information content (AvgIpc) is 3.76. The number of amides is 1. The van der Waals surface area contributed by atoms with Gasteiger partial charge in [-0.15, -0.1) is 0 Å². The van der Waals surface area contributed by atoms with Crippen molar-refractivity contribution in [3.63, 3.8) is 0 Å². The van der Waals surface area contributed by atoms with Gasteiger partial charge in [-0.1, -0.05) is 6.08 Å². The molecule has 36 heavy (non-hydrogen) atoms. The molecule has 10 nitrogen and oxygen atoms in total. The Morgan fingerprint density at radius 1 is 1.17 bits per heavy atom. The van der Waals surface area contributed by atoms with E-state index in [9.17, 15) is 14.7 Å². The number of likely N-dealkylation sites (N-methyl/N-ethyl adjacent to an activating group) is 1. The van der Waals surface area contributed by atoms with Crippen molar-refractivity contribution < 1.29 is 24.2 Å². The Morgan fingerprint density at radius 3 is 2.39 bits per heavy atom. The van der Waals surface area contributed by atoms with Crippen LogP contribution in [0.1, 0.15) is 56.3 Å². The molecule has 2 saturated carbocycles. The molecular weight excluding hydrogens is 462 g/mol. The fourth-order valence-electron chi connectivity index (χ4n) is 4.92. The predicted octanol–water partition coefficient (Wildman–Crippen LogP) is 3.02. The monoisotopic (exact) mass is 499 g/mol. The number of ether oxygens (including phenoxy) is 2. The second-order valence-corrected chi connectivity index (χ2v) is 10.1. The van der Waals surface area contributed by atoms with Crippen molar-refractivity contribution in [1.82, 2.24) is 14.9 Å². The van der Waals surface area contributed by atoms with Gasteiger partial charge in [0.05, 0.1) is 22.8 Å². The van der Waals surface area contributed by atoms with Crippen LogP contribution in [0.5, 0.6) is 5.75 Å². The van der Waals surface area contributed by atoms with Crippen LogP contribution >= 0.6 is 0 Å². The summed E-state index contributed by atoms with van der Waals surface area (Å²) >= 11 is 0. The van der Waals surface area contributed by atoms with Gasteiger partial charge in [0.15, 0.2) is 0 Å². The zero-order valence-electron chi connectivity index (χ0n) is 21.3. The number of carboxylic acids is 1. The quantitative estimate of drug-likeness (QED) is 0.327. The van der Waals surface area contributed by atoms with Gasteiger partial charge in [-0.3, -0.25) is 0 Å². The molecule has 3 aliphatic carbocycles. The SMILES string of the molecule is Cc1nc(/C(N)=C(\COC(=O)N(C)C(C2CC2)C2CC2)N(C)N)ccc1OC1CCC=C(C(=O)O)C1. The Balaban J connectivity index is 1.42. The lowest BCUT2D eigenvalue weighted by Gasteiger charge is -2.28. The van der Waals surface area contributed by atoms with Gasteiger partial charge in [0, 0.05) is 32.1 Å². The molecule has 196 valence electrons. The first-order valence-electron chi connectivity index (χ1n) is 12.6. The molecule has 0 aromatic carbocycles. The number of aryl methyl sites for hydroxylation is 1. The van der Waals surface area contributed by atoms with Crippen LogP contribution < -0.4 is 16.3 Å². The van der Waals surface area contributed by atoms with Gasteiger partial charge >= 0.3 is 12.1 Å². The maximum absolute atomic E-state index is 12.8. The summed E-state index contributed by atoms with van der Waals surface area (Å²) < 4.78 is 11.7. The predicted molar refractivity (Wildman–Crippen MR) is 134 cm³/mol. The molecule has 1 aromatic heterocycles. The minimum absolute atomic E-state index is 0.0740. The maximum atomic E-state index is 12.8. The van der Waals surface area contributed by atoms with Gasteiger partial charge in [-0.05, 0) is 69.4 Å². The van der Waals surface area contributed by atoms with Crippen molar-refractivity contribution in [2.45, 2.75) is 64.0 Å². The number of pyridine rings is 1. The van der Waals surface area contributed by atoms with Gasteiger partial charge in [0.2, 0.25) is 0 Å². The smallest absolute Gasteiger partial charge is 0.410 e. The van der Waals surface area contributed by atoms with Crippen LogP contribution in [-0.4, -0.2) is 64.9 Å². The number of carbonyl (C=O) groups is 2. The first-order valence-corrected chi connectivity index (χ1v) is 12.6. The number of carbonyl (C=O) groups excluding carboxylic acids is 1. The molecule has 0 bridgehead atoms. The van der Waals surface area contributed by atoms with Crippen LogP contribution in [0.25, 0.3) is 5.70 Å². The summed E-state index contributed by atoms with van der Waals surface area (Å²) in [6, 6.07) is 3.75. The molecule has 1 unspecified atom stereocenters. The Kier molecular flexibility index (Phi) is 7.73. The highest BCUT2D eigenvalue weighted by Crippen LogP contribution is 2.47. The van der Waals surface area contributed by atoms with Crippen LogP contribution in [-0.2, 0) is 9.53 Å². The van der Waals surface area contributed by atoms with Gasteiger partial charge < -0.3 is 30.2 Å². The van der Waals surface area contributed by atoms with Crippen molar-refractivity contribution >= 4 is 17.8 Å². The van der Waals surface area contributed by atoms with Crippen molar-refractivity contribution in [1.29, 1.82) is 0 Å². The zero-order valence-corrected chi connectivity index (χ0v) is 21.3. The highest BCUT2D eigenvalue weighted by Gasteiger charge is 2.45. The highest BCUT2D eigenvalue weighted by atomic mass is 16.6. The van der Waals surface area contributed by atoms with E-state index < -0.39 is 5.97 Å². The number of carboxylic acid groups (broad SMARTS) is 1. The molecule has 10 heteroatoms. The molecule has 1 amide bonds. The second-order valence-electron chi connectivity index (χ2n) is 10.1. The molecule has 0 saturated heterocycles. The maximum Gasteiger partial charge on any atom is 0.410 e. The normalized spacial score (nSPS) is 20.4. The number of rotatable bonds is 10. The minimum atomic E-state index is -0.910. The molecule has 4 rings (SSSR count). The lowest BCUT2D eigenvalue weighted by atomic mass is 9.97. The van der Waals surface area contributed by atoms with Crippen LogP contribution in [0, 0.1) is 18.8 Å². The van der Waals surface area contributed by atoms with Gasteiger partial charge in [0.25, 0.3) is 0 Å². The number of allylic oxidation sites excluding steroid dienone is 1. The van der Waals surface area contributed by atoms with E-state index >= 15 is 0 Å². The Bertz CT molecular complexity index is 1050. The first-order chi connectivity index (χ1) is 17.2. The summed E-state index contributed by atoms with van der Waals surface area (Å²) in [5.74, 6) is 6.86. The van der Waals surface area contributed by atoms with E-state index in [-0.39, 0.29) is 24.8 Å². The van der Waals surface area contributed by atoms with E-state index in [2.05, 4.69) is 4.98 Å². The lowest BCUT2D eigenvalue weighted by molar-refractivity contribution is -0.133. The first kappa shape index (κ1) is 25.8. The van der Waals surface area contributed by atoms with E-state index in [0.717, 1.165) is 6.42 Å². The third kappa shape index (κ3) is 6.10. The molecule has 0 aliphatic heterocycles. The minimum Gasteiger partial charge on any atom is -0.488 e. The summed E-state index contributed by atoms with van der Waals surface area (Å²) in [7, 11) is 3.45. The van der Waals surface area contributed by atoms with Crippen molar-refractivity contribution in [3.05, 3.63) is 40.9 Å². The van der Waals surface area contributed by atoms with Crippen LogP contribution in [0.3, 0.4) is 0 Å². The molecule has 5 N–H and O–H groups in total. The number of aliphatic carboxylic acids is 1. The van der Waals surface area contributed by atoms with E-state index in [1.165, 1.54) is 30.7 Å². The summed E-state index contributed by atoms with van der Waals surface area (Å²) in [4.78, 5) is 30.4. The largest absolute Gasteiger partial charge is 0.488 e. The number of nitrogens with two attached hydrogens (primary N) is 2. The molecule has 1 heterocycles. The fourth-order valence-corrected chi connectivity index (χ4v) is 4.92. The fraction of sp³-hybridized carbons (Fsp3) is 0.577. The number of nitrogens with zero attached hydrogens (tertiary/aromatic N) is 3. The van der Waals surface area contributed by atoms with Crippen molar-refractivity contribution in [3.8, 4) is 5.75 Å². The number of hydrazine groups is 1. The number of aromatic nitrogens is 1. The van der Waals surface area contributed by atoms with E-state index in [1.54, 1.807) is 37.1 Å². The molecule has 1 aromatic rings. The molecule has 1 atom stereocenters. The summed E-state index contributed by atoms with van der Waals surface area (Å²) in [6.45, 7) is 1.73. The average molecular weight is 500 g/mol. The van der Waals surface area contributed by atoms with Gasteiger partial charge in [-0.2, -0.15) is 0 Å². The molecule has 2 fully saturated rings. The van der Waals surface area contributed by atoms with Crippen molar-refractivity contribution in [2.24, 2.45) is 23.4 Å². The highest BCUT2D eigenvalue weighted by molar-refractivity contribution is 5.86. The number of hydrogen-bond acceptors (Lipinski definition) is 8. The van der Waals surface area contributed by atoms with Crippen LogP contribution in [0.4, 0.5) is 4.79 Å². The standard InChI is InChI=1S/C26H37N5O5/c1-15-22(36-19-6-4-5-18(13-19)25(32)33)12-11-20(29-15)23(27)21(31(3)28)14-35-26(34)30(2)24(16-7-8-16)17-9-10-17/h5,11-12,16-17,19,24H,4,6-10,13-14,27-28H2,1-3H3,(H,32,33)/b23-21-. The van der Waals surface area contributed by atoms with Crippen LogP contribution in [0.2, 0.25) is 0 Å². The number of hydrogen-bond donors (Lipinski definition) is 3. The summed E-state index contributed by atoms with van der Waals surface area (Å²) in [6.07, 6.45) is 7.59. The molecule has 0 spiro atoms. The van der Waals surface area contributed by atoms with Gasteiger partial charge in [0.1, 0.15) is 18.5 Å². The summed E-state index contributed by atoms with van der Waals surface area (Å²) in [5.41, 5.74) is 8.63. The Hall–Kier alpha value is -3.27.